The van der Waals surface area contributed by atoms with Gasteiger partial charge in [0.15, 0.2) is 0 Å². The fourth-order valence-corrected chi connectivity index (χ4v) is 3.71. The van der Waals surface area contributed by atoms with Gasteiger partial charge in [-0.25, -0.2) is 4.39 Å². The average molecular weight is 243 g/mol. The highest BCUT2D eigenvalue weighted by Gasteiger charge is 2.53. The van der Waals surface area contributed by atoms with Gasteiger partial charge in [0.1, 0.15) is 5.67 Å². The molecule has 2 saturated heterocycles. The van der Waals surface area contributed by atoms with Crippen LogP contribution in [-0.4, -0.2) is 37.1 Å². The van der Waals surface area contributed by atoms with Crippen molar-refractivity contribution in [1.82, 2.24) is 0 Å². The Morgan fingerprint density at radius 1 is 1.06 bits per heavy atom. The normalized spacial score (nSPS) is 45.5. The topological polar surface area (TPSA) is 44.5 Å². The van der Waals surface area contributed by atoms with Gasteiger partial charge in [-0.05, 0) is 44.4 Å². The molecule has 1 spiro atoms. The van der Waals surface area contributed by atoms with Crippen molar-refractivity contribution in [2.24, 2.45) is 11.7 Å². The van der Waals surface area contributed by atoms with Crippen LogP contribution in [-0.2, 0) is 9.47 Å². The molecule has 3 rings (SSSR count). The molecule has 1 unspecified atom stereocenters. The van der Waals surface area contributed by atoms with Gasteiger partial charge < -0.3 is 15.2 Å². The fraction of sp³-hybridized carbons (Fsp3) is 1.00. The lowest BCUT2D eigenvalue weighted by atomic mass is 9.64. The molecule has 4 heteroatoms. The van der Waals surface area contributed by atoms with E-state index in [-0.39, 0.29) is 17.6 Å². The molecule has 2 N–H and O–H groups in total. The quantitative estimate of drug-likeness (QED) is 0.763. The maximum absolute atomic E-state index is 14.6. The third-order valence-electron chi connectivity index (χ3n) is 4.83. The van der Waals surface area contributed by atoms with Gasteiger partial charge in [0.25, 0.3) is 0 Å². The molecule has 0 bridgehead atoms. The standard InChI is InChI=1S/C13H22FNO2/c14-13(8-11(15)9-13)10-1-4-17-12(7-10)2-5-16-6-3-12/h10-11H,1-9,15H2. The third-order valence-corrected chi connectivity index (χ3v) is 4.83. The molecule has 3 nitrogen and oxygen atoms in total. The first kappa shape index (κ1) is 11.9. The van der Waals surface area contributed by atoms with Crippen molar-refractivity contribution in [3.05, 3.63) is 0 Å². The van der Waals surface area contributed by atoms with Gasteiger partial charge in [0.2, 0.25) is 0 Å². The van der Waals surface area contributed by atoms with Gasteiger partial charge in [-0.2, -0.15) is 0 Å². The molecule has 0 aromatic rings. The second-order valence-electron chi connectivity index (χ2n) is 6.04. The Morgan fingerprint density at radius 3 is 2.41 bits per heavy atom. The first-order valence-corrected chi connectivity index (χ1v) is 6.78. The van der Waals surface area contributed by atoms with Crippen LogP contribution in [0.4, 0.5) is 4.39 Å². The molecule has 2 aliphatic heterocycles. The maximum atomic E-state index is 14.6. The van der Waals surface area contributed by atoms with Crippen LogP contribution in [0.5, 0.6) is 0 Å². The summed E-state index contributed by atoms with van der Waals surface area (Å²) in [6, 6.07) is 0.0773. The molecule has 0 aromatic heterocycles. The molecular formula is C13H22FNO2. The Balaban J connectivity index is 1.67. The average Bonchev–Trinajstić information content (AvgIpc) is 2.28. The van der Waals surface area contributed by atoms with E-state index in [1.54, 1.807) is 0 Å². The molecular weight excluding hydrogens is 221 g/mol. The minimum Gasteiger partial charge on any atom is -0.381 e. The van der Waals surface area contributed by atoms with Gasteiger partial charge in [0.05, 0.1) is 5.60 Å². The summed E-state index contributed by atoms with van der Waals surface area (Å²) in [5.41, 5.74) is 4.64. The molecule has 1 saturated carbocycles. The Kier molecular flexibility index (Phi) is 2.92. The van der Waals surface area contributed by atoms with Crippen LogP contribution in [0, 0.1) is 5.92 Å². The summed E-state index contributed by atoms with van der Waals surface area (Å²) in [5.74, 6) is 0.147. The predicted molar refractivity (Wildman–Crippen MR) is 62.5 cm³/mol. The van der Waals surface area contributed by atoms with Gasteiger partial charge in [-0.15, -0.1) is 0 Å². The van der Waals surface area contributed by atoms with Crippen LogP contribution in [0.2, 0.25) is 0 Å². The molecule has 0 amide bonds. The number of hydrogen-bond acceptors (Lipinski definition) is 3. The molecule has 0 aromatic carbocycles. The molecule has 17 heavy (non-hydrogen) atoms. The summed E-state index contributed by atoms with van der Waals surface area (Å²) in [4.78, 5) is 0. The highest BCUT2D eigenvalue weighted by atomic mass is 19.1. The van der Waals surface area contributed by atoms with E-state index in [4.69, 9.17) is 15.2 Å². The zero-order valence-electron chi connectivity index (χ0n) is 10.3. The van der Waals surface area contributed by atoms with E-state index in [0.717, 1.165) is 38.9 Å². The van der Waals surface area contributed by atoms with Gasteiger partial charge in [-0.1, -0.05) is 0 Å². The highest BCUT2D eigenvalue weighted by molar-refractivity contribution is 5.05. The van der Waals surface area contributed by atoms with Crippen LogP contribution < -0.4 is 5.73 Å². The van der Waals surface area contributed by atoms with E-state index in [2.05, 4.69) is 0 Å². The van der Waals surface area contributed by atoms with Crippen LogP contribution in [0.1, 0.15) is 38.5 Å². The first-order valence-electron chi connectivity index (χ1n) is 6.78. The second kappa shape index (κ2) is 4.18. The zero-order chi connectivity index (χ0) is 11.9. The summed E-state index contributed by atoms with van der Waals surface area (Å²) < 4.78 is 25.9. The lowest BCUT2D eigenvalue weighted by Gasteiger charge is -2.51. The van der Waals surface area contributed by atoms with Crippen molar-refractivity contribution < 1.29 is 13.9 Å². The predicted octanol–water partition coefficient (Wildman–Crippen LogP) is 1.79. The van der Waals surface area contributed by atoms with Crippen LogP contribution in [0.3, 0.4) is 0 Å². The minimum atomic E-state index is -1.01. The van der Waals surface area contributed by atoms with Crippen molar-refractivity contribution in [2.45, 2.75) is 55.8 Å². The number of alkyl halides is 1. The Hall–Kier alpha value is -0.190. The zero-order valence-corrected chi connectivity index (χ0v) is 10.3. The summed E-state index contributed by atoms with van der Waals surface area (Å²) in [6.45, 7) is 2.21. The molecule has 0 radical (unpaired) electrons. The number of hydrogen-bond donors (Lipinski definition) is 1. The summed E-state index contributed by atoms with van der Waals surface area (Å²) >= 11 is 0. The molecule has 3 fully saturated rings. The smallest absolute Gasteiger partial charge is 0.117 e. The Bertz CT molecular complexity index is 280. The number of nitrogens with two attached hydrogens (primary N) is 1. The van der Waals surface area contributed by atoms with Crippen molar-refractivity contribution in [3.8, 4) is 0 Å². The van der Waals surface area contributed by atoms with E-state index in [1.807, 2.05) is 0 Å². The number of ether oxygens (including phenoxy) is 2. The SMILES string of the molecule is NC1CC(F)(C2CCOC3(CCOCC3)C2)C1. The van der Waals surface area contributed by atoms with Crippen molar-refractivity contribution >= 4 is 0 Å². The maximum Gasteiger partial charge on any atom is 0.117 e. The molecule has 2 heterocycles. The summed E-state index contributed by atoms with van der Waals surface area (Å²) in [6.07, 6.45) is 4.65. The summed E-state index contributed by atoms with van der Waals surface area (Å²) in [7, 11) is 0. The monoisotopic (exact) mass is 243 g/mol. The van der Waals surface area contributed by atoms with E-state index in [0.29, 0.717) is 19.4 Å². The van der Waals surface area contributed by atoms with E-state index in [1.165, 1.54) is 0 Å². The third kappa shape index (κ3) is 2.11. The van der Waals surface area contributed by atoms with Gasteiger partial charge in [-0.3, -0.25) is 0 Å². The molecule has 3 aliphatic rings. The van der Waals surface area contributed by atoms with E-state index < -0.39 is 5.67 Å². The van der Waals surface area contributed by atoms with E-state index >= 15 is 0 Å². The van der Waals surface area contributed by atoms with Crippen molar-refractivity contribution in [1.29, 1.82) is 0 Å². The largest absolute Gasteiger partial charge is 0.381 e. The highest BCUT2D eigenvalue weighted by Crippen LogP contribution is 2.49. The fourth-order valence-electron chi connectivity index (χ4n) is 3.71. The summed E-state index contributed by atoms with van der Waals surface area (Å²) in [5, 5.41) is 0. The van der Waals surface area contributed by atoms with Gasteiger partial charge >= 0.3 is 0 Å². The Morgan fingerprint density at radius 2 is 1.76 bits per heavy atom. The van der Waals surface area contributed by atoms with Crippen LogP contribution >= 0.6 is 0 Å². The van der Waals surface area contributed by atoms with Crippen LogP contribution in [0.15, 0.2) is 0 Å². The number of rotatable bonds is 1. The number of halogens is 1. The molecule has 98 valence electrons. The van der Waals surface area contributed by atoms with Gasteiger partial charge in [0, 0.05) is 25.9 Å². The molecule has 1 atom stereocenters. The lowest BCUT2D eigenvalue weighted by molar-refractivity contribution is -0.174. The van der Waals surface area contributed by atoms with Crippen LogP contribution in [0.25, 0.3) is 0 Å². The van der Waals surface area contributed by atoms with E-state index in [9.17, 15) is 4.39 Å². The van der Waals surface area contributed by atoms with Crippen molar-refractivity contribution in [2.75, 3.05) is 19.8 Å². The van der Waals surface area contributed by atoms with Crippen molar-refractivity contribution in [3.63, 3.8) is 0 Å². The Labute approximate surface area is 102 Å². The minimum absolute atomic E-state index is 0.0773. The second-order valence-corrected chi connectivity index (χ2v) is 6.04. The lowest BCUT2D eigenvalue weighted by Crippen LogP contribution is -2.57. The molecule has 1 aliphatic carbocycles. The first-order chi connectivity index (χ1) is 8.12.